The molecule has 2 aromatic rings. The first-order valence-corrected chi connectivity index (χ1v) is 8.84. The minimum atomic E-state index is 0. The summed E-state index contributed by atoms with van der Waals surface area (Å²) in [7, 11) is 3.63. The van der Waals surface area contributed by atoms with Gasteiger partial charge in [-0.25, -0.2) is 0 Å². The van der Waals surface area contributed by atoms with Gasteiger partial charge in [-0.2, -0.15) is 5.10 Å². The Morgan fingerprint density at radius 1 is 1.15 bits per heavy atom. The number of methoxy groups -OCH3 is 1. The van der Waals surface area contributed by atoms with Crippen molar-refractivity contribution in [3.63, 3.8) is 0 Å². The number of hydrogen-bond acceptors (Lipinski definition) is 3. The molecule has 0 radical (unpaired) electrons. The lowest BCUT2D eigenvalue weighted by molar-refractivity contribution is 0.414. The van der Waals surface area contributed by atoms with Crippen LogP contribution in [0.15, 0.2) is 41.7 Å². The zero-order valence-electron chi connectivity index (χ0n) is 15.9. The van der Waals surface area contributed by atoms with Gasteiger partial charge in [-0.3, -0.25) is 9.67 Å². The largest absolute Gasteiger partial charge is 0.497 e. The SMILES string of the molecule is CCNC(=NCCCc1cnn(C)c1)NCCc1ccc(OC)cc1.I. The summed E-state index contributed by atoms with van der Waals surface area (Å²) in [5.74, 6) is 1.77. The molecule has 0 saturated heterocycles. The highest BCUT2D eigenvalue weighted by molar-refractivity contribution is 14.0. The van der Waals surface area contributed by atoms with Crippen molar-refractivity contribution in [1.82, 2.24) is 20.4 Å². The number of aryl methyl sites for hydroxylation is 2. The number of halogens is 1. The maximum Gasteiger partial charge on any atom is 0.191 e. The first kappa shape index (κ1) is 22.3. The van der Waals surface area contributed by atoms with Gasteiger partial charge in [0.25, 0.3) is 0 Å². The first-order chi connectivity index (χ1) is 12.2. The Bertz CT molecular complexity index is 654. The molecule has 1 heterocycles. The first-order valence-electron chi connectivity index (χ1n) is 8.84. The number of rotatable bonds is 9. The maximum atomic E-state index is 5.18. The summed E-state index contributed by atoms with van der Waals surface area (Å²) in [5.41, 5.74) is 2.54. The van der Waals surface area contributed by atoms with Gasteiger partial charge >= 0.3 is 0 Å². The second-order valence-electron chi connectivity index (χ2n) is 5.91. The van der Waals surface area contributed by atoms with Gasteiger partial charge in [-0.05, 0) is 49.4 Å². The fourth-order valence-corrected chi connectivity index (χ4v) is 2.53. The second kappa shape index (κ2) is 12.6. The smallest absolute Gasteiger partial charge is 0.191 e. The minimum absolute atomic E-state index is 0. The van der Waals surface area contributed by atoms with Crippen LogP contribution in [0.3, 0.4) is 0 Å². The number of nitrogens with one attached hydrogen (secondary N) is 2. The molecule has 0 aliphatic heterocycles. The molecular formula is C19H30IN5O. The molecule has 0 bridgehead atoms. The van der Waals surface area contributed by atoms with Crippen molar-refractivity contribution in [2.75, 3.05) is 26.7 Å². The number of benzene rings is 1. The number of hydrogen-bond donors (Lipinski definition) is 2. The van der Waals surface area contributed by atoms with Crippen molar-refractivity contribution in [2.24, 2.45) is 12.0 Å². The molecule has 0 fully saturated rings. The third-order valence-electron chi connectivity index (χ3n) is 3.86. The minimum Gasteiger partial charge on any atom is -0.497 e. The second-order valence-corrected chi connectivity index (χ2v) is 5.91. The van der Waals surface area contributed by atoms with Gasteiger partial charge in [0.2, 0.25) is 0 Å². The van der Waals surface area contributed by atoms with Gasteiger partial charge < -0.3 is 15.4 Å². The molecule has 0 aliphatic rings. The highest BCUT2D eigenvalue weighted by Gasteiger charge is 2.00. The summed E-state index contributed by atoms with van der Waals surface area (Å²) in [6.45, 7) is 4.58. The van der Waals surface area contributed by atoms with Gasteiger partial charge in [0.15, 0.2) is 5.96 Å². The van der Waals surface area contributed by atoms with Crippen LogP contribution in [0.4, 0.5) is 0 Å². The molecule has 0 spiro atoms. The van der Waals surface area contributed by atoms with Crippen LogP contribution in [0.25, 0.3) is 0 Å². The summed E-state index contributed by atoms with van der Waals surface area (Å²) < 4.78 is 7.02. The zero-order valence-corrected chi connectivity index (χ0v) is 18.2. The van der Waals surface area contributed by atoms with Crippen molar-refractivity contribution in [3.05, 3.63) is 47.8 Å². The van der Waals surface area contributed by atoms with E-state index in [0.29, 0.717) is 0 Å². The van der Waals surface area contributed by atoms with Crippen LogP contribution in [0, 0.1) is 0 Å². The number of nitrogens with zero attached hydrogens (tertiary/aromatic N) is 3. The number of aliphatic imine (C=N–C) groups is 1. The molecule has 26 heavy (non-hydrogen) atoms. The molecule has 6 nitrogen and oxygen atoms in total. The normalized spacial score (nSPS) is 11.0. The lowest BCUT2D eigenvalue weighted by Gasteiger charge is -2.11. The van der Waals surface area contributed by atoms with Gasteiger partial charge in [0, 0.05) is 32.9 Å². The number of ether oxygens (including phenoxy) is 1. The summed E-state index contributed by atoms with van der Waals surface area (Å²) in [5, 5.41) is 10.9. The van der Waals surface area contributed by atoms with E-state index in [9.17, 15) is 0 Å². The quantitative estimate of drug-likeness (QED) is 0.256. The van der Waals surface area contributed by atoms with Crippen LogP contribution in [-0.4, -0.2) is 42.5 Å². The summed E-state index contributed by atoms with van der Waals surface area (Å²) >= 11 is 0. The highest BCUT2D eigenvalue weighted by atomic mass is 127. The van der Waals surface area contributed by atoms with Crippen LogP contribution >= 0.6 is 24.0 Å². The molecule has 0 saturated carbocycles. The van der Waals surface area contributed by atoms with E-state index >= 15 is 0 Å². The van der Waals surface area contributed by atoms with E-state index in [1.54, 1.807) is 7.11 Å². The number of guanidine groups is 1. The summed E-state index contributed by atoms with van der Waals surface area (Å²) in [6, 6.07) is 8.18. The van der Waals surface area contributed by atoms with Crippen LogP contribution in [-0.2, 0) is 19.9 Å². The van der Waals surface area contributed by atoms with E-state index in [4.69, 9.17) is 4.74 Å². The Kier molecular flexibility index (Phi) is 10.8. The predicted molar refractivity (Wildman–Crippen MR) is 118 cm³/mol. The molecule has 1 aromatic heterocycles. The van der Waals surface area contributed by atoms with E-state index in [-0.39, 0.29) is 24.0 Å². The third-order valence-corrected chi connectivity index (χ3v) is 3.86. The Labute approximate surface area is 173 Å². The lowest BCUT2D eigenvalue weighted by atomic mass is 10.1. The molecule has 0 unspecified atom stereocenters. The Morgan fingerprint density at radius 2 is 1.92 bits per heavy atom. The van der Waals surface area contributed by atoms with Crippen LogP contribution < -0.4 is 15.4 Å². The van der Waals surface area contributed by atoms with Crippen molar-refractivity contribution >= 4 is 29.9 Å². The van der Waals surface area contributed by atoms with Gasteiger partial charge in [-0.1, -0.05) is 12.1 Å². The fourth-order valence-electron chi connectivity index (χ4n) is 2.53. The average molecular weight is 471 g/mol. The van der Waals surface area contributed by atoms with Crippen molar-refractivity contribution < 1.29 is 4.74 Å². The molecule has 144 valence electrons. The van der Waals surface area contributed by atoms with Crippen LogP contribution in [0.5, 0.6) is 5.75 Å². The predicted octanol–water partition coefficient (Wildman–Crippen LogP) is 2.78. The van der Waals surface area contributed by atoms with Crippen LogP contribution in [0.1, 0.15) is 24.5 Å². The van der Waals surface area contributed by atoms with Gasteiger partial charge in [-0.15, -0.1) is 24.0 Å². The topological polar surface area (TPSA) is 63.5 Å². The molecule has 0 amide bonds. The molecule has 0 aliphatic carbocycles. The standard InChI is InChI=1S/C19H29N5O.HI/c1-4-20-19(21-12-5-6-17-14-23-24(2)15-17)22-13-11-16-7-9-18(25-3)10-8-16;/h7-10,14-15H,4-6,11-13H2,1-3H3,(H2,20,21,22);1H. The molecular weight excluding hydrogens is 441 g/mol. The zero-order chi connectivity index (χ0) is 17.9. The molecule has 2 rings (SSSR count). The lowest BCUT2D eigenvalue weighted by Crippen LogP contribution is -2.38. The molecule has 2 N–H and O–H groups in total. The molecule has 0 atom stereocenters. The summed E-state index contributed by atoms with van der Waals surface area (Å²) in [4.78, 5) is 4.64. The van der Waals surface area contributed by atoms with Crippen LogP contribution in [0.2, 0.25) is 0 Å². The molecule has 7 heteroatoms. The van der Waals surface area contributed by atoms with Crippen molar-refractivity contribution in [2.45, 2.75) is 26.2 Å². The summed E-state index contributed by atoms with van der Waals surface area (Å²) in [6.07, 6.45) is 6.94. The third kappa shape index (κ3) is 8.07. The van der Waals surface area contributed by atoms with Crippen molar-refractivity contribution in [3.8, 4) is 5.75 Å². The Balaban J connectivity index is 0.00000338. The molecule has 1 aromatic carbocycles. The van der Waals surface area contributed by atoms with E-state index < -0.39 is 0 Å². The van der Waals surface area contributed by atoms with E-state index in [0.717, 1.165) is 50.6 Å². The van der Waals surface area contributed by atoms with Gasteiger partial charge in [0.1, 0.15) is 5.75 Å². The fraction of sp³-hybridized carbons (Fsp3) is 0.474. The van der Waals surface area contributed by atoms with E-state index in [1.165, 1.54) is 11.1 Å². The monoisotopic (exact) mass is 471 g/mol. The van der Waals surface area contributed by atoms with E-state index in [1.807, 2.05) is 30.1 Å². The Morgan fingerprint density at radius 3 is 2.54 bits per heavy atom. The van der Waals surface area contributed by atoms with Gasteiger partial charge in [0.05, 0.1) is 13.3 Å². The average Bonchev–Trinajstić information content (AvgIpc) is 3.04. The number of aromatic nitrogens is 2. The van der Waals surface area contributed by atoms with E-state index in [2.05, 4.69) is 46.0 Å². The van der Waals surface area contributed by atoms with Crippen molar-refractivity contribution in [1.29, 1.82) is 0 Å². The Hall–Kier alpha value is -1.77. The maximum absolute atomic E-state index is 5.18. The highest BCUT2D eigenvalue weighted by Crippen LogP contribution is 2.11.